The van der Waals surface area contributed by atoms with Crippen LogP contribution in [0.25, 0.3) is 0 Å². The molecular weight excluding hydrogens is 210 g/mol. The average Bonchev–Trinajstić information content (AvgIpc) is 2.82. The summed E-state index contributed by atoms with van der Waals surface area (Å²) in [6.45, 7) is 4.57. The molecule has 0 saturated heterocycles. The molecule has 2 nitrogen and oxygen atoms in total. The first-order valence-electron chi connectivity index (χ1n) is 6.42. The molecule has 0 amide bonds. The lowest BCUT2D eigenvalue weighted by molar-refractivity contribution is 0.0809. The fraction of sp³-hybridized carbons (Fsp3) is 0.533. The predicted molar refractivity (Wildman–Crippen MR) is 70.2 cm³/mol. The highest BCUT2D eigenvalue weighted by Crippen LogP contribution is 2.40. The van der Waals surface area contributed by atoms with Crippen molar-refractivity contribution in [2.45, 2.75) is 39.5 Å². The van der Waals surface area contributed by atoms with E-state index in [-0.39, 0.29) is 11.2 Å². The largest absolute Gasteiger partial charge is 0.329 e. The highest BCUT2D eigenvalue weighted by molar-refractivity contribution is 6.02. The summed E-state index contributed by atoms with van der Waals surface area (Å²) in [4.78, 5) is 12.7. The van der Waals surface area contributed by atoms with Crippen LogP contribution in [-0.4, -0.2) is 12.3 Å². The Kier molecular flexibility index (Phi) is 3.34. The zero-order valence-electron chi connectivity index (χ0n) is 10.8. The Bertz CT molecular complexity index is 431. The number of nitrogens with two attached hydrogens (primary N) is 1. The molecule has 92 valence electrons. The number of rotatable bonds is 3. The van der Waals surface area contributed by atoms with E-state index in [0.717, 1.165) is 36.8 Å². The van der Waals surface area contributed by atoms with Gasteiger partial charge in [0.05, 0.1) is 0 Å². The second-order valence-electron chi connectivity index (χ2n) is 5.27. The fourth-order valence-electron chi connectivity index (χ4n) is 2.86. The van der Waals surface area contributed by atoms with Crippen molar-refractivity contribution in [3.63, 3.8) is 0 Å². The van der Waals surface area contributed by atoms with E-state index >= 15 is 0 Å². The maximum atomic E-state index is 12.7. The summed E-state index contributed by atoms with van der Waals surface area (Å²) in [5.41, 5.74) is 8.76. The summed E-state index contributed by atoms with van der Waals surface area (Å²) in [6.07, 6.45) is 4.17. The molecule has 2 N–H and O–H groups in total. The zero-order chi connectivity index (χ0) is 12.5. The summed E-state index contributed by atoms with van der Waals surface area (Å²) in [5.74, 6) is 0.263. The Morgan fingerprint density at radius 1 is 1.29 bits per heavy atom. The van der Waals surface area contributed by atoms with Crippen LogP contribution in [0.15, 0.2) is 18.2 Å². The molecule has 1 aliphatic carbocycles. The molecule has 0 aliphatic heterocycles. The van der Waals surface area contributed by atoms with Crippen LogP contribution in [0.1, 0.15) is 47.2 Å². The molecule has 0 heterocycles. The van der Waals surface area contributed by atoms with E-state index in [0.29, 0.717) is 6.54 Å². The van der Waals surface area contributed by atoms with Gasteiger partial charge >= 0.3 is 0 Å². The third-order valence-electron chi connectivity index (χ3n) is 4.28. The van der Waals surface area contributed by atoms with Crippen molar-refractivity contribution in [1.29, 1.82) is 0 Å². The first kappa shape index (κ1) is 12.3. The molecule has 1 aromatic rings. The SMILES string of the molecule is Cc1cccc(C(=O)C2(CN)CCCC2)c1C. The van der Waals surface area contributed by atoms with Gasteiger partial charge in [0.25, 0.3) is 0 Å². The van der Waals surface area contributed by atoms with Gasteiger partial charge in [-0.3, -0.25) is 4.79 Å². The number of carbonyl (C=O) groups excluding carboxylic acids is 1. The third-order valence-corrected chi connectivity index (χ3v) is 4.28. The molecule has 0 spiro atoms. The minimum atomic E-state index is -0.279. The third kappa shape index (κ3) is 2.02. The lowest BCUT2D eigenvalue weighted by Crippen LogP contribution is -2.36. The summed E-state index contributed by atoms with van der Waals surface area (Å²) in [7, 11) is 0. The number of benzene rings is 1. The molecule has 1 aliphatic rings. The first-order valence-corrected chi connectivity index (χ1v) is 6.42. The number of Topliss-reactive ketones (excluding diaryl/α,β-unsaturated/α-hetero) is 1. The van der Waals surface area contributed by atoms with E-state index in [4.69, 9.17) is 5.73 Å². The van der Waals surface area contributed by atoms with Gasteiger partial charge in [0, 0.05) is 17.5 Å². The molecular formula is C15H21NO. The highest BCUT2D eigenvalue weighted by atomic mass is 16.1. The van der Waals surface area contributed by atoms with Crippen molar-refractivity contribution in [2.75, 3.05) is 6.54 Å². The molecule has 2 rings (SSSR count). The Morgan fingerprint density at radius 2 is 1.94 bits per heavy atom. The smallest absolute Gasteiger partial charge is 0.170 e. The monoisotopic (exact) mass is 231 g/mol. The van der Waals surface area contributed by atoms with E-state index in [1.54, 1.807) is 0 Å². The normalized spacial score (nSPS) is 18.3. The Hall–Kier alpha value is -1.15. The molecule has 0 aromatic heterocycles. The minimum absolute atomic E-state index is 0.263. The molecule has 1 saturated carbocycles. The van der Waals surface area contributed by atoms with E-state index in [9.17, 15) is 4.79 Å². The first-order chi connectivity index (χ1) is 8.10. The van der Waals surface area contributed by atoms with Gasteiger partial charge in [-0.2, -0.15) is 0 Å². The second kappa shape index (κ2) is 4.61. The van der Waals surface area contributed by atoms with Crippen LogP contribution in [0.4, 0.5) is 0 Å². The van der Waals surface area contributed by atoms with Crippen LogP contribution in [0, 0.1) is 19.3 Å². The van der Waals surface area contributed by atoms with E-state index in [2.05, 4.69) is 13.0 Å². The molecule has 1 fully saturated rings. The summed E-state index contributed by atoms with van der Waals surface area (Å²) in [6, 6.07) is 5.96. The molecule has 0 unspecified atom stereocenters. The second-order valence-corrected chi connectivity index (χ2v) is 5.27. The van der Waals surface area contributed by atoms with Crippen LogP contribution >= 0.6 is 0 Å². The number of hydrogen-bond donors (Lipinski definition) is 1. The van der Waals surface area contributed by atoms with Gasteiger partial charge in [0.2, 0.25) is 0 Å². The van der Waals surface area contributed by atoms with E-state index < -0.39 is 0 Å². The topological polar surface area (TPSA) is 43.1 Å². The van der Waals surface area contributed by atoms with Crippen molar-refractivity contribution in [2.24, 2.45) is 11.1 Å². The van der Waals surface area contributed by atoms with Crippen molar-refractivity contribution < 1.29 is 4.79 Å². The van der Waals surface area contributed by atoms with Gasteiger partial charge in [-0.15, -0.1) is 0 Å². The maximum Gasteiger partial charge on any atom is 0.170 e. The van der Waals surface area contributed by atoms with E-state index in [1.165, 1.54) is 5.56 Å². The molecule has 0 bridgehead atoms. The lowest BCUT2D eigenvalue weighted by atomic mass is 9.77. The van der Waals surface area contributed by atoms with Crippen molar-refractivity contribution in [3.05, 3.63) is 34.9 Å². The average molecular weight is 231 g/mol. The van der Waals surface area contributed by atoms with Crippen LogP contribution in [0.5, 0.6) is 0 Å². The molecule has 0 atom stereocenters. The standard InChI is InChI=1S/C15H21NO/c1-11-6-5-7-13(12(11)2)14(17)15(10-16)8-3-4-9-15/h5-7H,3-4,8-10,16H2,1-2H3. The zero-order valence-corrected chi connectivity index (χ0v) is 10.8. The highest BCUT2D eigenvalue weighted by Gasteiger charge is 2.40. The van der Waals surface area contributed by atoms with Gasteiger partial charge in [0.1, 0.15) is 0 Å². The van der Waals surface area contributed by atoms with Crippen LogP contribution in [0.2, 0.25) is 0 Å². The van der Waals surface area contributed by atoms with Gasteiger partial charge in [-0.05, 0) is 37.8 Å². The van der Waals surface area contributed by atoms with Crippen LogP contribution in [-0.2, 0) is 0 Å². The van der Waals surface area contributed by atoms with Crippen molar-refractivity contribution >= 4 is 5.78 Å². The number of hydrogen-bond acceptors (Lipinski definition) is 2. The molecule has 0 radical (unpaired) electrons. The fourth-order valence-corrected chi connectivity index (χ4v) is 2.86. The molecule has 17 heavy (non-hydrogen) atoms. The maximum absolute atomic E-state index is 12.7. The Balaban J connectivity index is 2.39. The van der Waals surface area contributed by atoms with Gasteiger partial charge in [-0.1, -0.05) is 31.0 Å². The van der Waals surface area contributed by atoms with Gasteiger partial charge in [0.15, 0.2) is 5.78 Å². The minimum Gasteiger partial charge on any atom is -0.329 e. The number of ketones is 1. The summed E-state index contributed by atoms with van der Waals surface area (Å²) >= 11 is 0. The van der Waals surface area contributed by atoms with Crippen LogP contribution < -0.4 is 5.73 Å². The predicted octanol–water partition coefficient (Wildman–Crippen LogP) is 3.01. The van der Waals surface area contributed by atoms with E-state index in [1.807, 2.05) is 19.1 Å². The quantitative estimate of drug-likeness (QED) is 0.813. The summed E-state index contributed by atoms with van der Waals surface area (Å²) in [5, 5.41) is 0. The Morgan fingerprint density at radius 3 is 2.53 bits per heavy atom. The van der Waals surface area contributed by atoms with Gasteiger partial charge in [-0.25, -0.2) is 0 Å². The number of aryl methyl sites for hydroxylation is 1. The summed E-state index contributed by atoms with van der Waals surface area (Å²) < 4.78 is 0. The molecule has 2 heteroatoms. The van der Waals surface area contributed by atoms with Crippen LogP contribution in [0.3, 0.4) is 0 Å². The Labute approximate surface area is 103 Å². The van der Waals surface area contributed by atoms with Crippen molar-refractivity contribution in [3.8, 4) is 0 Å². The molecule has 1 aromatic carbocycles. The van der Waals surface area contributed by atoms with Crippen molar-refractivity contribution in [1.82, 2.24) is 0 Å². The lowest BCUT2D eigenvalue weighted by Gasteiger charge is -2.26. The number of carbonyl (C=O) groups is 1. The van der Waals surface area contributed by atoms with Gasteiger partial charge < -0.3 is 5.73 Å².